The molecule has 2 saturated heterocycles. The number of likely N-dealkylation sites (tertiary alicyclic amines) is 1. The Bertz CT molecular complexity index is 1800. The van der Waals surface area contributed by atoms with Crippen molar-refractivity contribution in [2.24, 2.45) is 29.1 Å². The molecule has 10 heteroatoms. The maximum atomic E-state index is 14.8. The second kappa shape index (κ2) is 10.1. The van der Waals surface area contributed by atoms with Crippen molar-refractivity contribution in [3.63, 3.8) is 0 Å². The second-order valence-electron chi connectivity index (χ2n) is 12.2. The highest BCUT2D eigenvalue weighted by Gasteiger charge is 2.67. The zero-order chi connectivity index (χ0) is 31.1. The van der Waals surface area contributed by atoms with Gasteiger partial charge in [-0.2, -0.15) is 0 Å². The Balaban J connectivity index is 1.34. The Morgan fingerprint density at radius 3 is 2.36 bits per heavy atom. The first-order chi connectivity index (χ1) is 21.0. The van der Waals surface area contributed by atoms with E-state index < -0.39 is 64.2 Å². The standard InChI is InChI=1S/C34H27ClF2N2O5/c1-34-23(31(42)39(33(34)44)19-8-11-25(36)24(35)14-19)15-22-20(29(34)18-7-12-27(40)26(37)13-18)9-10-21-28(22)32(43)38(30(21)41)16-17-5-3-2-4-6-17/h2-9,11-14,21-23,28-29,40H,10,15-16H2,1H3. The van der Waals surface area contributed by atoms with Crippen molar-refractivity contribution < 1.29 is 33.1 Å². The number of aromatic hydroxyl groups is 1. The number of nitrogens with zero attached hydrogens (tertiary/aromatic N) is 2. The quantitative estimate of drug-likeness (QED) is 0.297. The van der Waals surface area contributed by atoms with E-state index >= 15 is 0 Å². The number of rotatable bonds is 4. The van der Waals surface area contributed by atoms with Crippen molar-refractivity contribution in [2.75, 3.05) is 4.90 Å². The van der Waals surface area contributed by atoms with Gasteiger partial charge in [-0.25, -0.2) is 13.7 Å². The third kappa shape index (κ3) is 3.98. The molecule has 0 aromatic heterocycles. The predicted molar refractivity (Wildman–Crippen MR) is 156 cm³/mol. The molecule has 4 aliphatic rings. The number of imide groups is 2. The number of carbonyl (C=O) groups is 4. The maximum Gasteiger partial charge on any atom is 0.241 e. The number of benzene rings is 3. The van der Waals surface area contributed by atoms with Crippen LogP contribution in [0.5, 0.6) is 5.75 Å². The van der Waals surface area contributed by atoms with Gasteiger partial charge in [-0.1, -0.05) is 59.6 Å². The van der Waals surface area contributed by atoms with Crippen molar-refractivity contribution >= 4 is 40.9 Å². The predicted octanol–water partition coefficient (Wildman–Crippen LogP) is 5.75. The first-order valence-electron chi connectivity index (χ1n) is 14.4. The van der Waals surface area contributed by atoms with Crippen LogP contribution in [0.4, 0.5) is 14.5 Å². The second-order valence-corrected chi connectivity index (χ2v) is 12.6. The van der Waals surface area contributed by atoms with Gasteiger partial charge < -0.3 is 5.11 Å². The number of phenolic OH excluding ortho intramolecular Hbond substituents is 1. The Morgan fingerprint density at radius 1 is 0.909 bits per heavy atom. The molecular weight excluding hydrogens is 590 g/mol. The zero-order valence-electron chi connectivity index (χ0n) is 23.5. The summed E-state index contributed by atoms with van der Waals surface area (Å²) in [6, 6.07) is 16.6. The van der Waals surface area contributed by atoms with Crippen LogP contribution in [-0.2, 0) is 25.7 Å². The number of carbonyl (C=O) groups excluding carboxylic acids is 4. The highest BCUT2D eigenvalue weighted by molar-refractivity contribution is 6.31. The Hall–Kier alpha value is -4.37. The molecular formula is C34H27ClF2N2O5. The first kappa shape index (κ1) is 28.4. The molecule has 7 nitrogen and oxygen atoms in total. The molecule has 44 heavy (non-hydrogen) atoms. The number of phenols is 1. The lowest BCUT2D eigenvalue weighted by Gasteiger charge is -2.49. The van der Waals surface area contributed by atoms with E-state index in [4.69, 9.17) is 11.6 Å². The van der Waals surface area contributed by atoms with E-state index in [0.717, 1.165) is 22.6 Å². The molecule has 0 spiro atoms. The molecule has 3 aromatic carbocycles. The third-order valence-electron chi connectivity index (χ3n) is 10.0. The highest BCUT2D eigenvalue weighted by Crippen LogP contribution is 2.63. The van der Waals surface area contributed by atoms with Crippen LogP contribution in [-0.4, -0.2) is 33.6 Å². The van der Waals surface area contributed by atoms with E-state index in [-0.39, 0.29) is 41.9 Å². The van der Waals surface area contributed by atoms with Gasteiger partial charge in [-0.05, 0) is 67.1 Å². The number of hydrogen-bond acceptors (Lipinski definition) is 5. The Morgan fingerprint density at radius 2 is 1.66 bits per heavy atom. The minimum absolute atomic E-state index is 0.105. The Kier molecular flexibility index (Phi) is 6.51. The van der Waals surface area contributed by atoms with Gasteiger partial charge in [0.25, 0.3) is 0 Å². The number of allylic oxidation sites excluding steroid dienone is 2. The van der Waals surface area contributed by atoms with Crippen molar-refractivity contribution in [1.82, 2.24) is 4.90 Å². The van der Waals surface area contributed by atoms with Gasteiger partial charge in [0.15, 0.2) is 11.6 Å². The van der Waals surface area contributed by atoms with Gasteiger partial charge in [0.05, 0.1) is 40.4 Å². The van der Waals surface area contributed by atoms with E-state index in [0.29, 0.717) is 11.1 Å². The molecule has 2 aliphatic heterocycles. The van der Waals surface area contributed by atoms with Crippen LogP contribution in [0.3, 0.4) is 0 Å². The fraction of sp³-hybridized carbons (Fsp3) is 0.294. The molecule has 0 radical (unpaired) electrons. The summed E-state index contributed by atoms with van der Waals surface area (Å²) in [4.78, 5) is 58.4. The Labute approximate surface area is 256 Å². The fourth-order valence-electron chi connectivity index (χ4n) is 7.96. The molecule has 3 fully saturated rings. The number of anilines is 1. The molecule has 3 aromatic rings. The molecule has 6 atom stereocenters. The van der Waals surface area contributed by atoms with E-state index in [1.165, 1.54) is 29.2 Å². The number of halogens is 3. The monoisotopic (exact) mass is 616 g/mol. The lowest BCUT2D eigenvalue weighted by Crippen LogP contribution is -2.48. The first-order valence-corrected chi connectivity index (χ1v) is 14.8. The lowest BCUT2D eigenvalue weighted by molar-refractivity contribution is -0.141. The van der Waals surface area contributed by atoms with Crippen LogP contribution in [0, 0.1) is 40.7 Å². The molecule has 224 valence electrons. The van der Waals surface area contributed by atoms with Crippen molar-refractivity contribution in [2.45, 2.75) is 32.2 Å². The van der Waals surface area contributed by atoms with Crippen molar-refractivity contribution in [1.29, 1.82) is 0 Å². The summed E-state index contributed by atoms with van der Waals surface area (Å²) in [7, 11) is 0. The van der Waals surface area contributed by atoms with E-state index in [1.807, 2.05) is 36.4 Å². The molecule has 1 saturated carbocycles. The largest absolute Gasteiger partial charge is 0.505 e. The molecule has 4 amide bonds. The van der Waals surface area contributed by atoms with Crippen LogP contribution in [0.15, 0.2) is 78.4 Å². The summed E-state index contributed by atoms with van der Waals surface area (Å²) in [5.74, 6) is -7.60. The molecule has 2 aliphatic carbocycles. The van der Waals surface area contributed by atoms with Crippen LogP contribution in [0.1, 0.15) is 36.8 Å². The minimum atomic E-state index is -1.41. The van der Waals surface area contributed by atoms with Crippen LogP contribution in [0.2, 0.25) is 5.02 Å². The van der Waals surface area contributed by atoms with Gasteiger partial charge >= 0.3 is 0 Å². The lowest BCUT2D eigenvalue weighted by atomic mass is 9.51. The zero-order valence-corrected chi connectivity index (χ0v) is 24.3. The summed E-state index contributed by atoms with van der Waals surface area (Å²) in [6.45, 7) is 1.78. The van der Waals surface area contributed by atoms with Crippen molar-refractivity contribution in [3.05, 3.63) is 106 Å². The number of hydrogen-bond donors (Lipinski definition) is 1. The van der Waals surface area contributed by atoms with Gasteiger partial charge in [-0.3, -0.25) is 24.1 Å². The number of fused-ring (bicyclic) bond motifs is 4. The summed E-state index contributed by atoms with van der Waals surface area (Å²) >= 11 is 6.02. The maximum absolute atomic E-state index is 14.8. The van der Waals surface area contributed by atoms with Gasteiger partial charge in [-0.15, -0.1) is 0 Å². The van der Waals surface area contributed by atoms with Crippen LogP contribution < -0.4 is 4.90 Å². The van der Waals surface area contributed by atoms with Gasteiger partial charge in [0, 0.05) is 5.92 Å². The molecule has 1 N–H and O–H groups in total. The van der Waals surface area contributed by atoms with Crippen LogP contribution in [0.25, 0.3) is 0 Å². The summed E-state index contributed by atoms with van der Waals surface area (Å²) in [5, 5.41) is 9.69. The third-order valence-corrected chi connectivity index (χ3v) is 10.3. The minimum Gasteiger partial charge on any atom is -0.505 e. The normalized spacial score (nSPS) is 29.5. The van der Waals surface area contributed by atoms with Gasteiger partial charge in [0.2, 0.25) is 23.6 Å². The van der Waals surface area contributed by atoms with E-state index in [2.05, 4.69) is 0 Å². The topological polar surface area (TPSA) is 95.0 Å². The molecule has 6 unspecified atom stereocenters. The highest BCUT2D eigenvalue weighted by atomic mass is 35.5. The average Bonchev–Trinajstić information content (AvgIpc) is 3.36. The fourth-order valence-corrected chi connectivity index (χ4v) is 8.13. The van der Waals surface area contributed by atoms with Crippen molar-refractivity contribution in [3.8, 4) is 5.75 Å². The number of amides is 4. The van der Waals surface area contributed by atoms with Gasteiger partial charge in [0.1, 0.15) is 5.82 Å². The van der Waals surface area contributed by atoms with Crippen LogP contribution >= 0.6 is 11.6 Å². The summed E-state index contributed by atoms with van der Waals surface area (Å²) in [5.41, 5.74) is 0.554. The molecule has 0 bridgehead atoms. The summed E-state index contributed by atoms with van der Waals surface area (Å²) < 4.78 is 28.8. The average molecular weight is 617 g/mol. The molecule has 7 rings (SSSR count). The SMILES string of the molecule is CC12C(=O)N(c3ccc(F)c(Cl)c3)C(=O)C1CC1C(=CCC3C(=O)N(Cc4ccccc4)C(=O)C31)C2c1ccc(O)c(F)c1. The molecule has 2 heterocycles. The summed E-state index contributed by atoms with van der Waals surface area (Å²) in [6.07, 6.45) is 2.24. The smallest absolute Gasteiger partial charge is 0.241 e. The van der Waals surface area contributed by atoms with E-state index in [9.17, 15) is 33.1 Å². The van der Waals surface area contributed by atoms with E-state index in [1.54, 1.807) is 6.92 Å².